The van der Waals surface area contributed by atoms with Crippen LogP contribution in [0.4, 0.5) is 0 Å². The SMILES string of the molecule is CC1CCCC1NCC(C)(O)C(=O)O. The normalized spacial score (nSPS) is 31.4. The van der Waals surface area contributed by atoms with Gasteiger partial charge in [-0.05, 0) is 25.7 Å². The first-order valence-corrected chi connectivity index (χ1v) is 5.12. The molecule has 0 bridgehead atoms. The fourth-order valence-electron chi connectivity index (χ4n) is 1.85. The Morgan fingerprint density at radius 3 is 2.64 bits per heavy atom. The van der Waals surface area contributed by atoms with Crippen molar-refractivity contribution in [3.8, 4) is 0 Å². The van der Waals surface area contributed by atoms with Crippen LogP contribution in [0.2, 0.25) is 0 Å². The molecule has 4 nitrogen and oxygen atoms in total. The van der Waals surface area contributed by atoms with E-state index in [4.69, 9.17) is 5.11 Å². The Morgan fingerprint density at radius 1 is 1.57 bits per heavy atom. The Morgan fingerprint density at radius 2 is 2.21 bits per heavy atom. The lowest BCUT2D eigenvalue weighted by molar-refractivity contribution is -0.156. The minimum Gasteiger partial charge on any atom is -0.479 e. The molecule has 1 rings (SSSR count). The van der Waals surface area contributed by atoms with Crippen LogP contribution in [-0.4, -0.2) is 34.4 Å². The average Bonchev–Trinajstić information content (AvgIpc) is 2.47. The average molecular weight is 201 g/mol. The molecule has 1 aliphatic carbocycles. The maximum absolute atomic E-state index is 10.6. The topological polar surface area (TPSA) is 69.6 Å². The summed E-state index contributed by atoms with van der Waals surface area (Å²) < 4.78 is 0. The van der Waals surface area contributed by atoms with E-state index >= 15 is 0 Å². The Kier molecular flexibility index (Phi) is 3.50. The van der Waals surface area contributed by atoms with Crippen molar-refractivity contribution in [3.05, 3.63) is 0 Å². The van der Waals surface area contributed by atoms with Gasteiger partial charge in [0.15, 0.2) is 5.60 Å². The smallest absolute Gasteiger partial charge is 0.336 e. The first-order valence-electron chi connectivity index (χ1n) is 5.12. The molecule has 0 aromatic heterocycles. The van der Waals surface area contributed by atoms with Gasteiger partial charge in [-0.25, -0.2) is 4.79 Å². The molecule has 82 valence electrons. The van der Waals surface area contributed by atoms with Crippen LogP contribution in [0.25, 0.3) is 0 Å². The first kappa shape index (κ1) is 11.5. The number of nitrogens with one attached hydrogen (secondary N) is 1. The lowest BCUT2D eigenvalue weighted by atomic mass is 10.0. The second-order valence-electron chi connectivity index (χ2n) is 4.47. The molecular weight excluding hydrogens is 182 g/mol. The van der Waals surface area contributed by atoms with E-state index in [2.05, 4.69) is 12.2 Å². The van der Waals surface area contributed by atoms with Crippen LogP contribution in [-0.2, 0) is 4.79 Å². The van der Waals surface area contributed by atoms with E-state index in [0.29, 0.717) is 12.0 Å². The molecule has 14 heavy (non-hydrogen) atoms. The fraction of sp³-hybridized carbons (Fsp3) is 0.900. The fourth-order valence-corrected chi connectivity index (χ4v) is 1.85. The summed E-state index contributed by atoms with van der Waals surface area (Å²) in [5.74, 6) is -0.588. The number of aliphatic hydroxyl groups is 1. The van der Waals surface area contributed by atoms with Crippen LogP contribution in [0.1, 0.15) is 33.1 Å². The zero-order chi connectivity index (χ0) is 10.8. The Labute approximate surface area is 84.3 Å². The standard InChI is InChI=1S/C10H19NO3/c1-7-4-3-5-8(7)11-6-10(2,14)9(12)13/h7-8,11,14H,3-6H2,1-2H3,(H,12,13). The van der Waals surface area contributed by atoms with Crippen molar-refractivity contribution in [2.24, 2.45) is 5.92 Å². The summed E-state index contributed by atoms with van der Waals surface area (Å²) in [5.41, 5.74) is -1.65. The zero-order valence-corrected chi connectivity index (χ0v) is 8.79. The van der Waals surface area contributed by atoms with Crippen LogP contribution in [0.5, 0.6) is 0 Å². The summed E-state index contributed by atoms with van der Waals surface area (Å²) in [6.45, 7) is 3.60. The summed E-state index contributed by atoms with van der Waals surface area (Å²) in [5, 5.41) is 21.3. The lowest BCUT2D eigenvalue weighted by Crippen LogP contribution is -2.48. The number of carboxylic acids is 1. The van der Waals surface area contributed by atoms with Gasteiger partial charge in [-0.1, -0.05) is 13.3 Å². The van der Waals surface area contributed by atoms with Gasteiger partial charge in [0.2, 0.25) is 0 Å². The van der Waals surface area contributed by atoms with Crippen molar-refractivity contribution in [1.29, 1.82) is 0 Å². The van der Waals surface area contributed by atoms with Crippen molar-refractivity contribution in [2.45, 2.75) is 44.8 Å². The van der Waals surface area contributed by atoms with E-state index < -0.39 is 11.6 Å². The molecule has 0 aromatic carbocycles. The molecule has 0 spiro atoms. The summed E-state index contributed by atoms with van der Waals surface area (Å²) >= 11 is 0. The highest BCUT2D eigenvalue weighted by Gasteiger charge is 2.32. The van der Waals surface area contributed by atoms with Crippen molar-refractivity contribution < 1.29 is 15.0 Å². The van der Waals surface area contributed by atoms with Gasteiger partial charge in [0, 0.05) is 12.6 Å². The van der Waals surface area contributed by atoms with E-state index in [1.807, 2.05) is 0 Å². The molecule has 4 heteroatoms. The van der Waals surface area contributed by atoms with Gasteiger partial charge >= 0.3 is 5.97 Å². The minimum absolute atomic E-state index is 0.122. The van der Waals surface area contributed by atoms with Crippen LogP contribution in [0.3, 0.4) is 0 Å². The van der Waals surface area contributed by atoms with Gasteiger partial charge in [0.25, 0.3) is 0 Å². The molecule has 3 atom stereocenters. The Hall–Kier alpha value is -0.610. The molecular formula is C10H19NO3. The zero-order valence-electron chi connectivity index (χ0n) is 8.79. The highest BCUT2D eigenvalue weighted by atomic mass is 16.4. The number of carbonyl (C=O) groups is 1. The summed E-state index contributed by atoms with van der Waals surface area (Å²) in [6, 6.07) is 0.362. The molecule has 0 heterocycles. The second-order valence-corrected chi connectivity index (χ2v) is 4.47. The van der Waals surface area contributed by atoms with Crippen molar-refractivity contribution in [2.75, 3.05) is 6.54 Å². The third-order valence-electron chi connectivity index (χ3n) is 3.03. The predicted octanol–water partition coefficient (Wildman–Crippen LogP) is 0.600. The number of rotatable bonds is 4. The number of hydrogen-bond acceptors (Lipinski definition) is 3. The maximum Gasteiger partial charge on any atom is 0.336 e. The minimum atomic E-state index is -1.65. The summed E-state index contributed by atoms with van der Waals surface area (Å²) in [4.78, 5) is 10.6. The highest BCUT2D eigenvalue weighted by Crippen LogP contribution is 2.24. The number of carboxylic acid groups (broad SMARTS) is 1. The number of hydrogen-bond donors (Lipinski definition) is 3. The molecule has 0 aliphatic heterocycles. The van der Waals surface area contributed by atoms with E-state index in [9.17, 15) is 9.90 Å². The van der Waals surface area contributed by atoms with Gasteiger partial charge in [0.1, 0.15) is 0 Å². The van der Waals surface area contributed by atoms with Crippen LogP contribution in [0.15, 0.2) is 0 Å². The van der Waals surface area contributed by atoms with Crippen molar-refractivity contribution in [3.63, 3.8) is 0 Å². The largest absolute Gasteiger partial charge is 0.479 e. The van der Waals surface area contributed by atoms with E-state index in [0.717, 1.165) is 6.42 Å². The molecule has 1 fully saturated rings. The first-order chi connectivity index (χ1) is 6.43. The predicted molar refractivity (Wildman–Crippen MR) is 53.1 cm³/mol. The summed E-state index contributed by atoms with van der Waals surface area (Å²) in [6.07, 6.45) is 3.46. The molecule has 3 N–H and O–H groups in total. The maximum atomic E-state index is 10.6. The van der Waals surface area contributed by atoms with Gasteiger partial charge < -0.3 is 15.5 Å². The van der Waals surface area contributed by atoms with Crippen LogP contribution >= 0.6 is 0 Å². The monoisotopic (exact) mass is 201 g/mol. The molecule has 1 aliphatic rings. The third-order valence-corrected chi connectivity index (χ3v) is 3.03. The van der Waals surface area contributed by atoms with Crippen molar-refractivity contribution >= 4 is 5.97 Å². The van der Waals surface area contributed by atoms with E-state index in [-0.39, 0.29) is 6.54 Å². The van der Waals surface area contributed by atoms with E-state index in [1.165, 1.54) is 19.8 Å². The number of aliphatic carboxylic acids is 1. The van der Waals surface area contributed by atoms with E-state index in [1.54, 1.807) is 0 Å². The molecule has 0 radical (unpaired) electrons. The third kappa shape index (κ3) is 2.69. The second kappa shape index (κ2) is 4.28. The van der Waals surface area contributed by atoms with Gasteiger partial charge in [-0.3, -0.25) is 0 Å². The highest BCUT2D eigenvalue weighted by molar-refractivity contribution is 5.76. The molecule has 0 aromatic rings. The van der Waals surface area contributed by atoms with Gasteiger partial charge in [-0.2, -0.15) is 0 Å². The molecule has 3 unspecified atom stereocenters. The molecule has 0 amide bonds. The molecule has 0 saturated heterocycles. The summed E-state index contributed by atoms with van der Waals surface area (Å²) in [7, 11) is 0. The van der Waals surface area contributed by atoms with Crippen LogP contribution < -0.4 is 5.32 Å². The molecule has 1 saturated carbocycles. The Bertz CT molecular complexity index is 215. The van der Waals surface area contributed by atoms with Gasteiger partial charge in [-0.15, -0.1) is 0 Å². The van der Waals surface area contributed by atoms with Crippen molar-refractivity contribution in [1.82, 2.24) is 5.32 Å². The van der Waals surface area contributed by atoms with Crippen LogP contribution in [0, 0.1) is 5.92 Å². The Balaban J connectivity index is 2.36. The quantitative estimate of drug-likeness (QED) is 0.623. The van der Waals surface area contributed by atoms with Gasteiger partial charge in [0.05, 0.1) is 0 Å². The lowest BCUT2D eigenvalue weighted by Gasteiger charge is -2.23.